The maximum Gasteiger partial charge on any atom is 0.317 e. The highest BCUT2D eigenvalue weighted by molar-refractivity contribution is 5.94. The van der Waals surface area contributed by atoms with Crippen LogP contribution in [-0.4, -0.2) is 52.3 Å². The van der Waals surface area contributed by atoms with E-state index in [-0.39, 0.29) is 23.5 Å². The molecule has 1 aromatic rings. The molecule has 1 atom stereocenters. The van der Waals surface area contributed by atoms with Gasteiger partial charge in [-0.2, -0.15) is 5.10 Å². The van der Waals surface area contributed by atoms with Gasteiger partial charge in [0.15, 0.2) is 5.69 Å². The molecule has 6 aliphatic rings. The number of nitrogens with zero attached hydrogens (tertiary/aromatic N) is 3. The Bertz CT molecular complexity index is 925. The number of amides is 3. The molecule has 7 nitrogen and oxygen atoms in total. The standard InChI is InChI=1S/C27H41N5O2/c1-31(2)26(34)28-20-8-9-23-22(13-20)24(30-32(23)21-6-4-3-5-7-21)25(33)29-27-14-17-10-18(15-27)12-19(11-17)16-27/h17-21H,3-16H2,1-2H3,(H,28,34)(H,29,33). The van der Waals surface area contributed by atoms with Gasteiger partial charge in [-0.15, -0.1) is 0 Å². The van der Waals surface area contributed by atoms with E-state index < -0.39 is 0 Å². The molecule has 1 unspecified atom stereocenters. The van der Waals surface area contributed by atoms with Crippen LogP contribution in [0.2, 0.25) is 0 Å². The largest absolute Gasteiger partial charge is 0.345 e. The number of nitrogens with one attached hydrogen (secondary N) is 2. The summed E-state index contributed by atoms with van der Waals surface area (Å²) in [6, 6.07) is 0.404. The van der Waals surface area contributed by atoms with E-state index in [0.29, 0.717) is 18.2 Å². The summed E-state index contributed by atoms with van der Waals surface area (Å²) in [4.78, 5) is 27.8. The molecule has 0 aliphatic heterocycles. The van der Waals surface area contributed by atoms with Crippen LogP contribution < -0.4 is 10.6 Å². The first-order valence-electron chi connectivity index (χ1n) is 13.8. The maximum absolute atomic E-state index is 13.9. The minimum Gasteiger partial charge on any atom is -0.345 e. The van der Waals surface area contributed by atoms with Crippen molar-refractivity contribution in [1.82, 2.24) is 25.3 Å². The van der Waals surface area contributed by atoms with Crippen molar-refractivity contribution in [3.8, 4) is 0 Å². The van der Waals surface area contributed by atoms with Crippen molar-refractivity contribution in [3.63, 3.8) is 0 Å². The first kappa shape index (κ1) is 22.4. The van der Waals surface area contributed by atoms with Gasteiger partial charge in [0.25, 0.3) is 5.91 Å². The fraction of sp³-hybridized carbons (Fsp3) is 0.815. The second-order valence-electron chi connectivity index (χ2n) is 12.4. The van der Waals surface area contributed by atoms with Crippen LogP contribution in [0, 0.1) is 17.8 Å². The molecule has 2 N–H and O–H groups in total. The minimum absolute atomic E-state index is 0.0134. The van der Waals surface area contributed by atoms with Gasteiger partial charge in [-0.05, 0) is 88.4 Å². The Morgan fingerprint density at radius 1 is 0.971 bits per heavy atom. The summed E-state index contributed by atoms with van der Waals surface area (Å²) in [5.74, 6) is 2.43. The molecule has 5 saturated carbocycles. The quantitative estimate of drug-likeness (QED) is 0.696. The van der Waals surface area contributed by atoms with Gasteiger partial charge in [-0.3, -0.25) is 9.48 Å². The van der Waals surface area contributed by atoms with Gasteiger partial charge in [-0.25, -0.2) is 4.79 Å². The molecule has 1 heterocycles. The van der Waals surface area contributed by atoms with Crippen molar-refractivity contribution < 1.29 is 9.59 Å². The zero-order valence-corrected chi connectivity index (χ0v) is 20.9. The molecular weight excluding hydrogens is 426 g/mol. The van der Waals surface area contributed by atoms with E-state index in [1.54, 1.807) is 19.0 Å². The molecule has 7 heteroatoms. The van der Waals surface area contributed by atoms with Gasteiger partial charge in [0.2, 0.25) is 0 Å². The molecule has 3 amide bonds. The van der Waals surface area contributed by atoms with Gasteiger partial charge in [0, 0.05) is 36.9 Å². The first-order valence-corrected chi connectivity index (χ1v) is 13.8. The number of carbonyl (C=O) groups excluding carboxylic acids is 2. The summed E-state index contributed by atoms with van der Waals surface area (Å²) in [6.07, 6.45) is 16.1. The average molecular weight is 468 g/mol. The monoisotopic (exact) mass is 467 g/mol. The Labute approximate surface area is 203 Å². The fourth-order valence-corrected chi connectivity index (χ4v) is 8.44. The molecule has 0 saturated heterocycles. The lowest BCUT2D eigenvalue weighted by molar-refractivity contribution is -0.0168. The van der Waals surface area contributed by atoms with E-state index in [2.05, 4.69) is 15.3 Å². The van der Waals surface area contributed by atoms with E-state index >= 15 is 0 Å². The van der Waals surface area contributed by atoms with Crippen molar-refractivity contribution in [2.75, 3.05) is 14.1 Å². The van der Waals surface area contributed by atoms with Crippen molar-refractivity contribution in [2.45, 2.75) is 108 Å². The number of rotatable bonds is 4. The molecular formula is C27H41N5O2. The zero-order valence-electron chi connectivity index (χ0n) is 20.9. The van der Waals surface area contributed by atoms with Crippen LogP contribution in [0.25, 0.3) is 0 Å². The molecule has 0 spiro atoms. The van der Waals surface area contributed by atoms with Gasteiger partial charge < -0.3 is 15.5 Å². The van der Waals surface area contributed by atoms with E-state index in [0.717, 1.165) is 68.3 Å². The van der Waals surface area contributed by atoms with Gasteiger partial charge in [-0.1, -0.05) is 19.3 Å². The Morgan fingerprint density at radius 3 is 2.24 bits per heavy atom. The van der Waals surface area contributed by atoms with E-state index in [4.69, 9.17) is 5.10 Å². The lowest BCUT2D eigenvalue weighted by Crippen LogP contribution is -2.60. The van der Waals surface area contributed by atoms with Crippen LogP contribution in [0.15, 0.2) is 0 Å². The summed E-state index contributed by atoms with van der Waals surface area (Å²) in [7, 11) is 3.55. The highest BCUT2D eigenvalue weighted by Crippen LogP contribution is 2.55. The van der Waals surface area contributed by atoms with Crippen molar-refractivity contribution in [2.24, 2.45) is 17.8 Å². The van der Waals surface area contributed by atoms with Gasteiger partial charge in [0.1, 0.15) is 0 Å². The second kappa shape index (κ2) is 8.56. The van der Waals surface area contributed by atoms with E-state index in [1.165, 1.54) is 44.2 Å². The Hall–Kier alpha value is -2.05. The third-order valence-corrected chi connectivity index (χ3v) is 9.58. The molecule has 0 radical (unpaired) electrons. The SMILES string of the molecule is CN(C)C(=O)NC1CCc2c(c(C(=O)NC34CC5CC(CC(C5)C3)C4)nn2C2CCCCC2)C1. The number of aromatic nitrogens is 2. The van der Waals surface area contributed by atoms with Crippen LogP contribution in [0.4, 0.5) is 4.79 Å². The highest BCUT2D eigenvalue weighted by Gasteiger charge is 2.52. The summed E-state index contributed by atoms with van der Waals surface area (Å²) >= 11 is 0. The van der Waals surface area contributed by atoms with Crippen molar-refractivity contribution in [1.29, 1.82) is 0 Å². The summed E-state index contributed by atoms with van der Waals surface area (Å²) in [6.45, 7) is 0. The van der Waals surface area contributed by atoms with Gasteiger partial charge in [0.05, 0.1) is 6.04 Å². The molecule has 34 heavy (non-hydrogen) atoms. The molecule has 5 fully saturated rings. The first-order chi connectivity index (χ1) is 16.4. The number of hydrogen-bond donors (Lipinski definition) is 2. The Morgan fingerprint density at radius 2 is 1.62 bits per heavy atom. The van der Waals surface area contributed by atoms with Crippen LogP contribution in [-0.2, 0) is 12.8 Å². The topological polar surface area (TPSA) is 79.3 Å². The zero-order chi connectivity index (χ0) is 23.4. The van der Waals surface area contributed by atoms with Crippen LogP contribution in [0.1, 0.15) is 105 Å². The smallest absolute Gasteiger partial charge is 0.317 e. The molecule has 1 aromatic heterocycles. The summed E-state index contributed by atoms with van der Waals surface area (Å²) < 4.78 is 2.23. The molecule has 4 bridgehead atoms. The van der Waals surface area contributed by atoms with Crippen LogP contribution in [0.3, 0.4) is 0 Å². The lowest BCUT2D eigenvalue weighted by Gasteiger charge is -2.56. The van der Waals surface area contributed by atoms with E-state index in [9.17, 15) is 9.59 Å². The van der Waals surface area contributed by atoms with Crippen molar-refractivity contribution >= 4 is 11.9 Å². The minimum atomic E-state index is -0.0623. The van der Waals surface area contributed by atoms with Crippen LogP contribution in [0.5, 0.6) is 0 Å². The molecule has 7 rings (SSSR count). The number of carbonyl (C=O) groups is 2. The Kier molecular flexibility index (Phi) is 5.64. The lowest BCUT2D eigenvalue weighted by atomic mass is 9.53. The second-order valence-corrected chi connectivity index (χ2v) is 12.4. The van der Waals surface area contributed by atoms with Crippen LogP contribution >= 0.6 is 0 Å². The van der Waals surface area contributed by atoms with E-state index in [1.807, 2.05) is 0 Å². The molecule has 0 aromatic carbocycles. The predicted octanol–water partition coefficient (Wildman–Crippen LogP) is 4.22. The summed E-state index contributed by atoms with van der Waals surface area (Å²) in [5, 5.41) is 11.8. The number of urea groups is 1. The van der Waals surface area contributed by atoms with Crippen molar-refractivity contribution in [3.05, 3.63) is 17.0 Å². The maximum atomic E-state index is 13.9. The van der Waals surface area contributed by atoms with Gasteiger partial charge >= 0.3 is 6.03 Å². The summed E-state index contributed by atoms with van der Waals surface area (Å²) in [5.41, 5.74) is 2.96. The third-order valence-electron chi connectivity index (χ3n) is 9.58. The normalized spacial score (nSPS) is 34.5. The highest BCUT2D eigenvalue weighted by atomic mass is 16.2. The predicted molar refractivity (Wildman–Crippen MR) is 131 cm³/mol. The third kappa shape index (κ3) is 4.03. The Balaban J connectivity index is 1.28. The molecule has 6 aliphatic carbocycles. The average Bonchev–Trinajstić information content (AvgIpc) is 3.17. The molecule has 186 valence electrons. The fourth-order valence-electron chi connectivity index (χ4n) is 8.44. The number of hydrogen-bond acceptors (Lipinski definition) is 3. The number of fused-ring (bicyclic) bond motifs is 1.